The van der Waals surface area contributed by atoms with E-state index >= 15 is 0 Å². The lowest BCUT2D eigenvalue weighted by molar-refractivity contribution is -0.165. The number of aliphatic carboxylic acids is 2. The highest BCUT2D eigenvalue weighted by molar-refractivity contribution is 7.15. The van der Waals surface area contributed by atoms with Gasteiger partial charge in [0.1, 0.15) is 0 Å². The molecule has 0 amide bonds. The summed E-state index contributed by atoms with van der Waals surface area (Å²) in [6.07, 6.45) is -1.01. The number of thiazole rings is 1. The minimum atomic E-state index is -2.27. The zero-order chi connectivity index (χ0) is 26.1. The molecule has 0 spiro atoms. The Morgan fingerprint density at radius 3 is 2.00 bits per heavy atom. The molecule has 6 N–H and O–H groups in total. The van der Waals surface area contributed by atoms with Gasteiger partial charge in [0.25, 0.3) is 0 Å². The molecule has 0 aliphatic carbocycles. The molecule has 1 fully saturated rings. The molecule has 2 atom stereocenters. The summed E-state index contributed by atoms with van der Waals surface area (Å²) >= 11 is 1.64. The molecule has 9 nitrogen and oxygen atoms in total. The van der Waals surface area contributed by atoms with Crippen LogP contribution in [0.15, 0.2) is 60.7 Å². The zero-order valence-corrected chi connectivity index (χ0v) is 20.6. The van der Waals surface area contributed by atoms with Crippen LogP contribution in [0.2, 0.25) is 0 Å². The number of carboxylic acid groups (broad SMARTS) is 2. The molecule has 10 heteroatoms. The van der Waals surface area contributed by atoms with Gasteiger partial charge in [-0.15, -0.1) is 11.3 Å². The first kappa shape index (κ1) is 27.3. The highest BCUT2D eigenvalue weighted by Crippen LogP contribution is 2.31. The predicted molar refractivity (Wildman–Crippen MR) is 138 cm³/mol. The Hall–Kier alpha value is -3.31. The molecule has 1 aliphatic heterocycles. The van der Waals surface area contributed by atoms with Gasteiger partial charge in [-0.3, -0.25) is 0 Å². The normalized spacial score (nSPS) is 15.9. The van der Waals surface area contributed by atoms with E-state index in [0.29, 0.717) is 11.0 Å². The van der Waals surface area contributed by atoms with Gasteiger partial charge in [0.2, 0.25) is 0 Å². The van der Waals surface area contributed by atoms with Gasteiger partial charge in [-0.05, 0) is 43.8 Å². The molecule has 192 valence electrons. The molecular formula is C26H31N3O6S. The number of rotatable bonds is 8. The lowest BCUT2D eigenvalue weighted by Gasteiger charge is -2.32. The molecule has 1 aromatic heterocycles. The Balaban J connectivity index is 0.000000308. The topological polar surface area (TPSA) is 157 Å². The van der Waals surface area contributed by atoms with E-state index in [1.807, 2.05) is 6.07 Å². The first-order valence-corrected chi connectivity index (χ1v) is 12.5. The standard InChI is InChI=1S/C22H25N3S.C4H6O6/c23-22-24-21(19-9-5-2-6-10-19)20(26-22)13-16-25-14-11-18(12-15-25)17-7-3-1-4-8-17;5-1(3(7)8)2(6)4(9)10/h1-10,18H,11-16H2,(H2,23,24);1-2,5-6H,(H,7,8)(H,9,10). The van der Waals surface area contributed by atoms with Gasteiger partial charge in [0.15, 0.2) is 17.3 Å². The van der Waals surface area contributed by atoms with Gasteiger partial charge in [-0.1, -0.05) is 60.7 Å². The minimum absolute atomic E-state index is 0.668. The number of likely N-dealkylation sites (tertiary alicyclic amines) is 1. The summed E-state index contributed by atoms with van der Waals surface area (Å²) in [5.74, 6) is -2.82. The lowest BCUT2D eigenvalue weighted by Crippen LogP contribution is -2.39. The van der Waals surface area contributed by atoms with Gasteiger partial charge in [0, 0.05) is 17.0 Å². The Bertz CT molecular complexity index is 1100. The van der Waals surface area contributed by atoms with E-state index < -0.39 is 24.1 Å². The number of aliphatic hydroxyl groups is 2. The fraction of sp³-hybridized carbons (Fsp3) is 0.346. The van der Waals surface area contributed by atoms with Crippen molar-refractivity contribution in [2.45, 2.75) is 37.4 Å². The summed E-state index contributed by atoms with van der Waals surface area (Å²) in [7, 11) is 0. The average Bonchev–Trinajstić information content (AvgIpc) is 3.28. The first-order valence-electron chi connectivity index (χ1n) is 11.7. The third-order valence-corrected chi connectivity index (χ3v) is 7.02. The van der Waals surface area contributed by atoms with Crippen molar-refractivity contribution in [2.24, 2.45) is 0 Å². The Kier molecular flexibility index (Phi) is 9.95. The van der Waals surface area contributed by atoms with Crippen molar-refractivity contribution in [1.82, 2.24) is 9.88 Å². The molecule has 1 aliphatic rings. The lowest BCUT2D eigenvalue weighted by atomic mass is 9.89. The minimum Gasteiger partial charge on any atom is -0.479 e. The highest BCUT2D eigenvalue weighted by atomic mass is 32.1. The van der Waals surface area contributed by atoms with Gasteiger partial charge >= 0.3 is 11.9 Å². The quantitative estimate of drug-likeness (QED) is 0.305. The summed E-state index contributed by atoms with van der Waals surface area (Å²) in [5.41, 5.74) is 9.72. The third-order valence-electron chi connectivity index (χ3n) is 6.08. The SMILES string of the molecule is Nc1nc(-c2ccccc2)c(CCN2CCC(c3ccccc3)CC2)s1.O=C(O)C(O)C(O)C(=O)O. The summed E-state index contributed by atoms with van der Waals surface area (Å²) in [6, 6.07) is 21.3. The Morgan fingerprint density at radius 2 is 1.47 bits per heavy atom. The van der Waals surface area contributed by atoms with Crippen molar-refractivity contribution < 1.29 is 30.0 Å². The van der Waals surface area contributed by atoms with E-state index in [2.05, 4.69) is 64.5 Å². The maximum atomic E-state index is 9.77. The second-order valence-electron chi connectivity index (χ2n) is 8.53. The Morgan fingerprint density at radius 1 is 0.944 bits per heavy atom. The molecule has 2 unspecified atom stereocenters. The summed E-state index contributed by atoms with van der Waals surface area (Å²) < 4.78 is 0. The second kappa shape index (κ2) is 13.1. The number of aliphatic hydroxyl groups excluding tert-OH is 2. The number of carbonyl (C=O) groups is 2. The highest BCUT2D eigenvalue weighted by Gasteiger charge is 2.29. The Labute approximate surface area is 213 Å². The van der Waals surface area contributed by atoms with Crippen LogP contribution in [-0.4, -0.2) is 74.1 Å². The molecule has 2 heterocycles. The fourth-order valence-electron chi connectivity index (χ4n) is 4.11. The van der Waals surface area contributed by atoms with Crippen molar-refractivity contribution in [3.05, 3.63) is 71.1 Å². The second-order valence-corrected chi connectivity index (χ2v) is 9.65. The van der Waals surface area contributed by atoms with Gasteiger partial charge in [0.05, 0.1) is 5.69 Å². The van der Waals surface area contributed by atoms with E-state index in [1.54, 1.807) is 11.3 Å². The number of benzene rings is 2. The van der Waals surface area contributed by atoms with Crippen LogP contribution in [0, 0.1) is 0 Å². The monoisotopic (exact) mass is 513 g/mol. The van der Waals surface area contributed by atoms with E-state index in [-0.39, 0.29) is 0 Å². The zero-order valence-electron chi connectivity index (χ0n) is 19.7. The smallest absolute Gasteiger partial charge is 0.335 e. The molecule has 36 heavy (non-hydrogen) atoms. The summed E-state index contributed by atoms with van der Waals surface area (Å²) in [6.45, 7) is 3.44. The number of hydrogen-bond acceptors (Lipinski definition) is 8. The number of nitrogens with two attached hydrogens (primary N) is 1. The van der Waals surface area contributed by atoms with E-state index in [0.717, 1.165) is 18.7 Å². The average molecular weight is 514 g/mol. The van der Waals surface area contributed by atoms with Crippen LogP contribution in [-0.2, 0) is 16.0 Å². The van der Waals surface area contributed by atoms with Crippen molar-refractivity contribution >= 4 is 28.4 Å². The van der Waals surface area contributed by atoms with Gasteiger partial charge in [-0.2, -0.15) is 0 Å². The van der Waals surface area contributed by atoms with Crippen LogP contribution >= 0.6 is 11.3 Å². The van der Waals surface area contributed by atoms with Crippen molar-refractivity contribution in [3.8, 4) is 11.3 Å². The fourth-order valence-corrected chi connectivity index (χ4v) is 4.95. The van der Waals surface area contributed by atoms with Crippen molar-refractivity contribution in [3.63, 3.8) is 0 Å². The molecule has 1 saturated heterocycles. The third kappa shape index (κ3) is 7.59. The largest absolute Gasteiger partial charge is 0.479 e. The van der Waals surface area contributed by atoms with Crippen LogP contribution in [0.25, 0.3) is 11.3 Å². The van der Waals surface area contributed by atoms with Gasteiger partial charge < -0.3 is 31.1 Å². The van der Waals surface area contributed by atoms with E-state index in [4.69, 9.17) is 26.2 Å². The first-order chi connectivity index (χ1) is 17.3. The maximum Gasteiger partial charge on any atom is 0.335 e. The van der Waals surface area contributed by atoms with Crippen LogP contribution in [0.5, 0.6) is 0 Å². The predicted octanol–water partition coefficient (Wildman–Crippen LogP) is 2.69. The number of anilines is 1. The molecule has 0 bridgehead atoms. The van der Waals surface area contributed by atoms with Crippen LogP contribution in [0.3, 0.4) is 0 Å². The molecule has 0 saturated carbocycles. The number of nitrogen functional groups attached to an aromatic ring is 1. The van der Waals surface area contributed by atoms with Crippen molar-refractivity contribution in [2.75, 3.05) is 25.4 Å². The number of carboxylic acids is 2. The summed E-state index contributed by atoms with van der Waals surface area (Å²) in [5, 5.41) is 33.2. The molecule has 0 radical (unpaired) electrons. The maximum absolute atomic E-state index is 9.77. The molecule has 3 aromatic rings. The van der Waals surface area contributed by atoms with Crippen LogP contribution < -0.4 is 5.73 Å². The number of piperidine rings is 1. The molecular weight excluding hydrogens is 482 g/mol. The van der Waals surface area contributed by atoms with E-state index in [1.165, 1.54) is 41.9 Å². The van der Waals surface area contributed by atoms with Crippen molar-refractivity contribution in [1.29, 1.82) is 0 Å². The number of nitrogens with zero attached hydrogens (tertiary/aromatic N) is 2. The number of hydrogen-bond donors (Lipinski definition) is 5. The van der Waals surface area contributed by atoms with Gasteiger partial charge in [-0.25, -0.2) is 14.6 Å². The number of aromatic nitrogens is 1. The summed E-state index contributed by atoms with van der Waals surface area (Å²) in [4.78, 5) is 28.0. The van der Waals surface area contributed by atoms with E-state index in [9.17, 15) is 9.59 Å². The molecule has 2 aromatic carbocycles. The molecule has 4 rings (SSSR count). The van der Waals surface area contributed by atoms with Crippen LogP contribution in [0.4, 0.5) is 5.13 Å². The van der Waals surface area contributed by atoms with Crippen LogP contribution in [0.1, 0.15) is 29.2 Å².